The molecule has 2 aromatic rings. The van der Waals surface area contributed by atoms with E-state index >= 15 is 0 Å². The highest BCUT2D eigenvalue weighted by atomic mass is 28.4. The third-order valence-corrected chi connectivity index (χ3v) is 7.50. The Bertz CT molecular complexity index is 1070. The van der Waals surface area contributed by atoms with E-state index in [4.69, 9.17) is 13.8 Å². The molecule has 204 valence electrons. The molecule has 0 aliphatic rings. The number of para-hydroxylation sites is 2. The predicted octanol–water partition coefficient (Wildman–Crippen LogP) is 9.12. The van der Waals surface area contributed by atoms with Crippen molar-refractivity contribution in [1.82, 2.24) is 0 Å². The molecule has 4 nitrogen and oxygen atoms in total. The van der Waals surface area contributed by atoms with Crippen LogP contribution in [0.3, 0.4) is 0 Å². The number of benzene rings is 2. The first-order valence-electron chi connectivity index (χ1n) is 12.8. The lowest BCUT2D eigenvalue weighted by atomic mass is 10.0. The van der Waals surface area contributed by atoms with Gasteiger partial charge in [0, 0.05) is 13.2 Å². The Morgan fingerprint density at radius 2 is 1.14 bits per heavy atom. The maximum absolute atomic E-state index is 13.8. The number of hydrogen-bond acceptors (Lipinski definition) is 4. The second kappa shape index (κ2) is 13.6. The molecule has 0 aliphatic heterocycles. The second-order valence-electron chi connectivity index (χ2n) is 11.0. The van der Waals surface area contributed by atoms with Crippen LogP contribution in [0.15, 0.2) is 58.5 Å². The molecule has 2 aromatic carbocycles. The van der Waals surface area contributed by atoms with Crippen molar-refractivity contribution in [2.24, 2.45) is 9.98 Å². The summed E-state index contributed by atoms with van der Waals surface area (Å²) in [6.45, 7) is 15.8. The van der Waals surface area contributed by atoms with Gasteiger partial charge in [0.2, 0.25) is 0 Å². The maximum Gasteiger partial charge on any atom is 0.418 e. The Labute approximate surface area is 222 Å². The maximum atomic E-state index is 13.8. The van der Waals surface area contributed by atoms with Gasteiger partial charge in [-0.25, -0.2) is 0 Å². The molecule has 0 spiro atoms. The van der Waals surface area contributed by atoms with Gasteiger partial charge in [-0.05, 0) is 95.7 Å². The highest BCUT2D eigenvalue weighted by molar-refractivity contribution is 6.70. The zero-order valence-electron chi connectivity index (χ0n) is 23.2. The first kappa shape index (κ1) is 31.1. The van der Waals surface area contributed by atoms with Gasteiger partial charge in [0.15, 0.2) is 16.6 Å². The van der Waals surface area contributed by atoms with E-state index in [0.717, 1.165) is 17.3 Å². The van der Waals surface area contributed by atoms with Crippen LogP contribution in [0.5, 0.6) is 0 Å². The van der Waals surface area contributed by atoms with Crippen molar-refractivity contribution in [3.63, 3.8) is 0 Å². The van der Waals surface area contributed by atoms with E-state index in [1.54, 1.807) is 6.07 Å². The normalized spacial score (nSPS) is 13.8. The molecule has 9 heteroatoms. The molecule has 0 bridgehead atoms. The van der Waals surface area contributed by atoms with Gasteiger partial charge in [-0.15, -0.1) is 0 Å². The summed E-state index contributed by atoms with van der Waals surface area (Å²) in [5, 5.41) is 0. The van der Waals surface area contributed by atoms with Crippen molar-refractivity contribution in [3.8, 4) is 0 Å². The highest BCUT2D eigenvalue weighted by Crippen LogP contribution is 2.36. The van der Waals surface area contributed by atoms with Crippen LogP contribution in [0.2, 0.25) is 39.3 Å². The largest absolute Gasteiger partial charge is 0.418 e. The van der Waals surface area contributed by atoms with E-state index < -0.39 is 28.4 Å². The number of aliphatic imine (C=N–C) groups is 2. The van der Waals surface area contributed by atoms with Crippen LogP contribution in [-0.2, 0) is 15.0 Å². The molecule has 0 aliphatic carbocycles. The van der Waals surface area contributed by atoms with Crippen molar-refractivity contribution in [1.29, 1.82) is 0 Å². The number of aryl methyl sites for hydroxylation is 1. The van der Waals surface area contributed by atoms with Crippen LogP contribution < -0.4 is 0 Å². The quantitative estimate of drug-likeness (QED) is 0.142. The third-order valence-electron chi connectivity index (χ3n) is 5.35. The van der Waals surface area contributed by atoms with Crippen LogP contribution >= 0.6 is 0 Å². The van der Waals surface area contributed by atoms with Gasteiger partial charge in [0.1, 0.15) is 0 Å². The van der Waals surface area contributed by atoms with Gasteiger partial charge < -0.3 is 8.85 Å². The summed E-state index contributed by atoms with van der Waals surface area (Å²) in [6, 6.07) is 13.2. The van der Waals surface area contributed by atoms with E-state index in [2.05, 4.69) is 44.3 Å². The lowest BCUT2D eigenvalue weighted by molar-refractivity contribution is -0.137. The van der Waals surface area contributed by atoms with Gasteiger partial charge in [-0.3, -0.25) is 9.98 Å². The molecule has 0 unspecified atom stereocenters. The SMILES string of the molecule is Cc1ccccc1N=C(CCCO[Si](C)(C)C)C(CCCO[Si](C)(C)C)=Nc1ccccc1C(F)(F)F. The molecule has 2 rings (SSSR count). The lowest BCUT2D eigenvalue weighted by Crippen LogP contribution is -2.27. The van der Waals surface area contributed by atoms with Crippen molar-refractivity contribution in [2.75, 3.05) is 13.2 Å². The van der Waals surface area contributed by atoms with Crippen LogP contribution in [0.4, 0.5) is 24.5 Å². The Morgan fingerprint density at radius 3 is 1.59 bits per heavy atom. The second-order valence-corrected chi connectivity index (χ2v) is 20.1. The monoisotopic (exact) mass is 550 g/mol. The molecule has 0 aromatic heterocycles. The molecule has 0 N–H and O–H groups in total. The van der Waals surface area contributed by atoms with Crippen molar-refractivity contribution in [3.05, 3.63) is 59.7 Å². The highest BCUT2D eigenvalue weighted by Gasteiger charge is 2.33. The molecular weight excluding hydrogens is 509 g/mol. The van der Waals surface area contributed by atoms with E-state index in [1.165, 1.54) is 12.1 Å². The molecular formula is C28H41F3N2O2Si2. The smallest absolute Gasteiger partial charge is 0.418 e. The fourth-order valence-electron chi connectivity index (χ4n) is 3.56. The summed E-state index contributed by atoms with van der Waals surface area (Å²) in [5.41, 5.74) is 2.20. The Hall–Kier alpha value is -2.08. The summed E-state index contributed by atoms with van der Waals surface area (Å²) in [4.78, 5) is 9.54. The summed E-state index contributed by atoms with van der Waals surface area (Å²) in [7, 11) is -3.39. The molecule has 0 saturated heterocycles. The molecule has 0 radical (unpaired) electrons. The summed E-state index contributed by atoms with van der Waals surface area (Å²) >= 11 is 0. The van der Waals surface area contributed by atoms with E-state index in [9.17, 15) is 13.2 Å². The zero-order chi connectivity index (χ0) is 27.7. The van der Waals surface area contributed by atoms with Gasteiger partial charge >= 0.3 is 6.18 Å². The van der Waals surface area contributed by atoms with Crippen molar-refractivity contribution in [2.45, 2.75) is 78.1 Å². The summed E-state index contributed by atoms with van der Waals surface area (Å²) in [6.07, 6.45) is -2.11. The average molecular weight is 551 g/mol. The van der Waals surface area contributed by atoms with Gasteiger partial charge in [-0.2, -0.15) is 13.2 Å². The van der Waals surface area contributed by atoms with E-state index in [0.29, 0.717) is 50.3 Å². The average Bonchev–Trinajstić information content (AvgIpc) is 2.77. The van der Waals surface area contributed by atoms with Gasteiger partial charge in [-0.1, -0.05) is 30.3 Å². The van der Waals surface area contributed by atoms with Crippen LogP contribution in [0.1, 0.15) is 36.8 Å². The number of alkyl halides is 3. The number of rotatable bonds is 13. The van der Waals surface area contributed by atoms with E-state index in [-0.39, 0.29) is 5.69 Å². The minimum absolute atomic E-state index is 0.0908. The predicted molar refractivity (Wildman–Crippen MR) is 154 cm³/mol. The molecule has 0 heterocycles. The number of hydrogen-bond donors (Lipinski definition) is 0. The molecule has 0 atom stereocenters. The van der Waals surface area contributed by atoms with E-state index in [1.807, 2.05) is 31.2 Å². The van der Waals surface area contributed by atoms with Crippen molar-refractivity contribution >= 4 is 39.4 Å². The number of nitrogens with zero attached hydrogens (tertiary/aromatic N) is 2. The Kier molecular flexibility index (Phi) is 11.5. The summed E-state index contributed by atoms with van der Waals surface area (Å²) in [5.74, 6) is 0. The fraction of sp³-hybridized carbons (Fsp3) is 0.500. The number of halogens is 3. The molecule has 37 heavy (non-hydrogen) atoms. The topological polar surface area (TPSA) is 43.2 Å². The minimum atomic E-state index is -4.50. The standard InChI is InChI=1S/C28H41F3N2O2Si2/c1-22-14-8-10-16-24(22)32-26(18-12-20-34-36(2,3)4)27(19-13-21-35-37(5,6)7)33-25-17-11-9-15-23(25)28(29,30)31/h8-11,14-17H,12-13,18-21H2,1-7H3. The molecule has 0 amide bonds. The molecule has 0 saturated carbocycles. The lowest BCUT2D eigenvalue weighted by Gasteiger charge is -2.19. The van der Waals surface area contributed by atoms with Gasteiger partial charge in [0.25, 0.3) is 0 Å². The minimum Gasteiger partial charge on any atom is -0.418 e. The first-order chi connectivity index (χ1) is 17.2. The van der Waals surface area contributed by atoms with Crippen LogP contribution in [-0.4, -0.2) is 41.3 Å². The van der Waals surface area contributed by atoms with Crippen molar-refractivity contribution < 1.29 is 22.0 Å². The first-order valence-corrected chi connectivity index (χ1v) is 19.6. The Morgan fingerprint density at radius 1 is 0.703 bits per heavy atom. The third kappa shape index (κ3) is 11.9. The van der Waals surface area contributed by atoms with Crippen LogP contribution in [0.25, 0.3) is 0 Å². The summed E-state index contributed by atoms with van der Waals surface area (Å²) < 4.78 is 53.4. The Balaban J connectivity index is 2.50. The van der Waals surface area contributed by atoms with Crippen LogP contribution in [0, 0.1) is 6.92 Å². The molecule has 0 fully saturated rings. The fourth-order valence-corrected chi connectivity index (χ4v) is 5.07. The zero-order valence-corrected chi connectivity index (χ0v) is 25.2. The van der Waals surface area contributed by atoms with Gasteiger partial charge in [0.05, 0.1) is 28.4 Å².